The van der Waals surface area contributed by atoms with Crippen molar-refractivity contribution in [3.05, 3.63) is 52.4 Å². The molecule has 22 heavy (non-hydrogen) atoms. The summed E-state index contributed by atoms with van der Waals surface area (Å²) in [6.07, 6.45) is 2.61. The van der Waals surface area contributed by atoms with Crippen LogP contribution in [0.1, 0.15) is 28.7 Å². The molecule has 2 heterocycles. The first-order valence-corrected chi connectivity index (χ1v) is 7.54. The van der Waals surface area contributed by atoms with E-state index >= 15 is 0 Å². The van der Waals surface area contributed by atoms with E-state index < -0.39 is 0 Å². The van der Waals surface area contributed by atoms with Gasteiger partial charge in [0, 0.05) is 30.7 Å². The van der Waals surface area contributed by atoms with Gasteiger partial charge in [-0.1, -0.05) is 36.7 Å². The van der Waals surface area contributed by atoms with Gasteiger partial charge in [0.05, 0.1) is 10.7 Å². The fourth-order valence-corrected chi connectivity index (χ4v) is 2.94. The molecule has 0 aliphatic heterocycles. The molecule has 2 N–H and O–H groups in total. The first-order valence-electron chi connectivity index (χ1n) is 7.16. The third-order valence-electron chi connectivity index (χ3n) is 3.72. The Morgan fingerprint density at radius 1 is 1.41 bits per heavy atom. The smallest absolute Gasteiger partial charge is 0.271 e. The zero-order chi connectivity index (χ0) is 15.7. The SMILES string of the molecule is CCc1nn(C)c(C(=O)NCc2c[nH]c3ccccc23)c1Cl. The molecule has 0 radical (unpaired) electrons. The Bertz CT molecular complexity index is 834. The Morgan fingerprint density at radius 2 is 2.18 bits per heavy atom. The number of benzene rings is 1. The highest BCUT2D eigenvalue weighted by Crippen LogP contribution is 2.21. The number of carbonyl (C=O) groups excluding carboxylic acids is 1. The monoisotopic (exact) mass is 316 g/mol. The van der Waals surface area contributed by atoms with Crippen LogP contribution in [0.15, 0.2) is 30.5 Å². The van der Waals surface area contributed by atoms with Crippen molar-refractivity contribution in [1.29, 1.82) is 0 Å². The van der Waals surface area contributed by atoms with Gasteiger partial charge in [-0.05, 0) is 18.1 Å². The number of hydrogen-bond donors (Lipinski definition) is 2. The summed E-state index contributed by atoms with van der Waals surface area (Å²) in [7, 11) is 1.73. The second kappa shape index (κ2) is 5.85. The molecule has 0 saturated carbocycles. The largest absolute Gasteiger partial charge is 0.361 e. The van der Waals surface area contributed by atoms with Gasteiger partial charge in [-0.2, -0.15) is 5.10 Å². The van der Waals surface area contributed by atoms with Gasteiger partial charge in [-0.25, -0.2) is 0 Å². The lowest BCUT2D eigenvalue weighted by Gasteiger charge is -2.05. The summed E-state index contributed by atoms with van der Waals surface area (Å²) in [5.41, 5.74) is 3.23. The molecule has 114 valence electrons. The van der Waals surface area contributed by atoms with Gasteiger partial charge in [0.2, 0.25) is 0 Å². The van der Waals surface area contributed by atoms with Gasteiger partial charge in [-0.3, -0.25) is 9.48 Å². The van der Waals surface area contributed by atoms with E-state index in [9.17, 15) is 4.79 Å². The van der Waals surface area contributed by atoms with E-state index in [0.29, 0.717) is 23.7 Å². The lowest BCUT2D eigenvalue weighted by molar-refractivity contribution is 0.0942. The Hall–Kier alpha value is -2.27. The summed E-state index contributed by atoms with van der Waals surface area (Å²) < 4.78 is 1.53. The maximum Gasteiger partial charge on any atom is 0.271 e. The molecule has 0 fully saturated rings. The maximum atomic E-state index is 12.4. The van der Waals surface area contributed by atoms with Crippen LogP contribution in [0.25, 0.3) is 10.9 Å². The third kappa shape index (κ3) is 2.48. The summed E-state index contributed by atoms with van der Waals surface area (Å²) in [5, 5.41) is 8.71. The van der Waals surface area contributed by atoms with Crippen LogP contribution in [-0.4, -0.2) is 20.7 Å². The first-order chi connectivity index (χ1) is 10.6. The van der Waals surface area contributed by atoms with Gasteiger partial charge in [0.1, 0.15) is 5.69 Å². The number of rotatable bonds is 4. The highest BCUT2D eigenvalue weighted by Gasteiger charge is 2.19. The number of nitrogens with one attached hydrogen (secondary N) is 2. The maximum absolute atomic E-state index is 12.4. The second-order valence-corrected chi connectivity index (χ2v) is 5.51. The van der Waals surface area contributed by atoms with E-state index in [0.717, 1.165) is 22.2 Å². The molecule has 5 nitrogen and oxygen atoms in total. The van der Waals surface area contributed by atoms with Gasteiger partial charge in [0.15, 0.2) is 0 Å². The molecule has 0 spiro atoms. The number of aromatic amines is 1. The Morgan fingerprint density at radius 3 is 2.91 bits per heavy atom. The standard InChI is InChI=1S/C16H17ClN4O/c1-3-12-14(17)15(21(2)20-12)16(22)19-9-10-8-18-13-7-5-4-6-11(10)13/h4-8,18H,3,9H2,1-2H3,(H,19,22). The molecule has 3 aromatic rings. The van der Waals surface area contributed by atoms with Crippen LogP contribution < -0.4 is 5.32 Å². The Kier molecular flexibility index (Phi) is 3.90. The van der Waals surface area contributed by atoms with Gasteiger partial charge < -0.3 is 10.3 Å². The fourth-order valence-electron chi connectivity index (χ4n) is 2.56. The molecule has 0 unspecified atom stereocenters. The molecule has 0 bridgehead atoms. The molecular formula is C16H17ClN4O. The molecule has 0 saturated heterocycles. The van der Waals surface area contributed by atoms with Crippen molar-refractivity contribution < 1.29 is 4.79 Å². The van der Waals surface area contributed by atoms with Gasteiger partial charge in [0.25, 0.3) is 5.91 Å². The molecule has 0 aliphatic rings. The van der Waals surface area contributed by atoms with Crippen molar-refractivity contribution >= 4 is 28.4 Å². The molecule has 1 amide bonds. The number of aryl methyl sites for hydroxylation is 2. The minimum absolute atomic E-state index is 0.218. The summed E-state index contributed by atoms with van der Waals surface area (Å²) in [6, 6.07) is 7.99. The molecular weight excluding hydrogens is 300 g/mol. The van der Waals surface area contributed by atoms with Crippen LogP contribution in [0.3, 0.4) is 0 Å². The summed E-state index contributed by atoms with van der Waals surface area (Å²) in [5.74, 6) is -0.218. The van der Waals surface area contributed by atoms with E-state index in [1.54, 1.807) is 7.05 Å². The molecule has 6 heteroatoms. The number of halogens is 1. The molecule has 0 atom stereocenters. The topological polar surface area (TPSA) is 62.7 Å². The number of H-pyrrole nitrogens is 1. The molecule has 2 aromatic heterocycles. The van der Waals surface area contributed by atoms with Crippen molar-refractivity contribution in [2.75, 3.05) is 0 Å². The summed E-state index contributed by atoms with van der Waals surface area (Å²) in [4.78, 5) is 15.6. The Balaban J connectivity index is 1.79. The minimum Gasteiger partial charge on any atom is -0.361 e. The van der Waals surface area contributed by atoms with Crippen LogP contribution in [-0.2, 0) is 20.0 Å². The van der Waals surface area contributed by atoms with Gasteiger partial charge in [-0.15, -0.1) is 0 Å². The molecule has 0 aliphatic carbocycles. The van der Waals surface area contributed by atoms with Crippen LogP contribution >= 0.6 is 11.6 Å². The highest BCUT2D eigenvalue weighted by molar-refractivity contribution is 6.34. The van der Waals surface area contributed by atoms with Crippen LogP contribution in [0.5, 0.6) is 0 Å². The number of carbonyl (C=O) groups is 1. The van der Waals surface area contributed by atoms with Crippen molar-refractivity contribution in [3.8, 4) is 0 Å². The van der Waals surface area contributed by atoms with E-state index in [2.05, 4.69) is 15.4 Å². The average molecular weight is 317 g/mol. The van der Waals surface area contributed by atoms with Crippen molar-refractivity contribution in [3.63, 3.8) is 0 Å². The Labute approximate surface area is 133 Å². The molecule has 3 rings (SSSR count). The number of para-hydroxylation sites is 1. The zero-order valence-electron chi connectivity index (χ0n) is 12.5. The van der Waals surface area contributed by atoms with E-state index in [-0.39, 0.29) is 5.91 Å². The zero-order valence-corrected chi connectivity index (χ0v) is 13.2. The quantitative estimate of drug-likeness (QED) is 0.777. The minimum atomic E-state index is -0.218. The molecule has 1 aromatic carbocycles. The van der Waals surface area contributed by atoms with Crippen molar-refractivity contribution in [2.24, 2.45) is 7.05 Å². The predicted octanol–water partition coefficient (Wildman–Crippen LogP) is 3.05. The fraction of sp³-hybridized carbons (Fsp3) is 0.250. The normalized spacial score (nSPS) is 11.0. The van der Waals surface area contributed by atoms with Gasteiger partial charge >= 0.3 is 0 Å². The predicted molar refractivity (Wildman–Crippen MR) is 87.1 cm³/mol. The van der Waals surface area contributed by atoms with Crippen LogP contribution in [0, 0.1) is 0 Å². The number of fused-ring (bicyclic) bond motifs is 1. The van der Waals surface area contributed by atoms with E-state index in [1.165, 1.54) is 4.68 Å². The summed E-state index contributed by atoms with van der Waals surface area (Å²) >= 11 is 6.23. The van der Waals surface area contributed by atoms with E-state index in [4.69, 9.17) is 11.6 Å². The number of hydrogen-bond acceptors (Lipinski definition) is 2. The third-order valence-corrected chi connectivity index (χ3v) is 4.12. The number of aromatic nitrogens is 3. The highest BCUT2D eigenvalue weighted by atomic mass is 35.5. The summed E-state index contributed by atoms with van der Waals surface area (Å²) in [6.45, 7) is 2.40. The van der Waals surface area contributed by atoms with Crippen LogP contribution in [0.2, 0.25) is 5.02 Å². The first kappa shape index (κ1) is 14.7. The average Bonchev–Trinajstić information content (AvgIpc) is 3.06. The lowest BCUT2D eigenvalue weighted by atomic mass is 10.2. The van der Waals surface area contributed by atoms with E-state index in [1.807, 2.05) is 37.4 Å². The number of amides is 1. The second-order valence-electron chi connectivity index (χ2n) is 5.13. The lowest BCUT2D eigenvalue weighted by Crippen LogP contribution is -2.25. The number of nitrogens with zero attached hydrogens (tertiary/aromatic N) is 2. The van der Waals surface area contributed by atoms with Crippen LogP contribution in [0.4, 0.5) is 0 Å². The van der Waals surface area contributed by atoms with Crippen molar-refractivity contribution in [2.45, 2.75) is 19.9 Å². The van der Waals surface area contributed by atoms with Crippen molar-refractivity contribution in [1.82, 2.24) is 20.1 Å².